The lowest BCUT2D eigenvalue weighted by Crippen LogP contribution is -2.31. The molecular weight excluding hydrogens is 320 g/mol. The average Bonchev–Trinajstić information content (AvgIpc) is 3.01. The molecule has 1 N–H and O–H groups in total. The van der Waals surface area contributed by atoms with E-state index in [1.807, 2.05) is 6.92 Å². The first-order valence-electron chi connectivity index (χ1n) is 7.04. The molecule has 0 aliphatic rings. The zero-order valence-electron chi connectivity index (χ0n) is 12.7. The fraction of sp³-hybridized carbons (Fsp3) is 0.357. The van der Waals surface area contributed by atoms with Gasteiger partial charge in [-0.15, -0.1) is 10.2 Å². The van der Waals surface area contributed by atoms with Crippen LogP contribution in [0.25, 0.3) is 11.5 Å². The standard InChI is InChI=1S/C14H16N4O4S/c1-3-7-15-12(19)9(2)23-14-17-16-13(22-14)10-5-4-6-11(8-10)18(20)21/h4-6,8-9H,3,7H2,1-2H3,(H,15,19)/t9-/m1/s1. The van der Waals surface area contributed by atoms with Crippen LogP contribution in [0.3, 0.4) is 0 Å². The van der Waals surface area contributed by atoms with E-state index in [-0.39, 0.29) is 28.0 Å². The second-order valence-corrected chi connectivity index (χ2v) is 6.02. The lowest BCUT2D eigenvalue weighted by Gasteiger charge is -2.08. The molecule has 0 aliphatic carbocycles. The predicted molar refractivity (Wildman–Crippen MR) is 85.0 cm³/mol. The number of carbonyl (C=O) groups is 1. The molecule has 23 heavy (non-hydrogen) atoms. The minimum atomic E-state index is -0.490. The Bertz CT molecular complexity index is 704. The van der Waals surface area contributed by atoms with Gasteiger partial charge in [-0.3, -0.25) is 14.9 Å². The summed E-state index contributed by atoms with van der Waals surface area (Å²) in [5, 5.41) is 21.2. The summed E-state index contributed by atoms with van der Waals surface area (Å²) >= 11 is 1.14. The monoisotopic (exact) mass is 336 g/mol. The maximum Gasteiger partial charge on any atom is 0.277 e. The van der Waals surface area contributed by atoms with Crippen molar-refractivity contribution in [3.63, 3.8) is 0 Å². The number of nitrogens with zero attached hydrogens (tertiary/aromatic N) is 3. The van der Waals surface area contributed by atoms with Crippen LogP contribution in [-0.4, -0.2) is 32.8 Å². The molecule has 1 aromatic carbocycles. The van der Waals surface area contributed by atoms with E-state index in [1.54, 1.807) is 19.1 Å². The number of carbonyl (C=O) groups excluding carboxylic acids is 1. The molecule has 2 aromatic rings. The molecule has 1 atom stereocenters. The Kier molecular flexibility index (Phi) is 5.69. The van der Waals surface area contributed by atoms with Crippen molar-refractivity contribution in [3.8, 4) is 11.5 Å². The summed E-state index contributed by atoms with van der Waals surface area (Å²) in [5.74, 6) is 0.0734. The van der Waals surface area contributed by atoms with Crippen LogP contribution >= 0.6 is 11.8 Å². The van der Waals surface area contributed by atoms with Crippen molar-refractivity contribution in [1.29, 1.82) is 0 Å². The van der Waals surface area contributed by atoms with Crippen molar-refractivity contribution in [2.24, 2.45) is 0 Å². The van der Waals surface area contributed by atoms with Gasteiger partial charge in [0.1, 0.15) is 0 Å². The third kappa shape index (κ3) is 4.52. The minimum absolute atomic E-state index is 0.0535. The molecule has 0 spiro atoms. The number of nitrogens with one attached hydrogen (secondary N) is 1. The molecule has 0 radical (unpaired) electrons. The highest BCUT2D eigenvalue weighted by Gasteiger charge is 2.19. The van der Waals surface area contributed by atoms with E-state index in [4.69, 9.17) is 4.42 Å². The summed E-state index contributed by atoms with van der Waals surface area (Å²) in [6.45, 7) is 4.33. The highest BCUT2D eigenvalue weighted by molar-refractivity contribution is 8.00. The molecule has 8 nitrogen and oxygen atoms in total. The van der Waals surface area contributed by atoms with Gasteiger partial charge in [-0.2, -0.15) is 0 Å². The molecule has 0 bridgehead atoms. The van der Waals surface area contributed by atoms with Gasteiger partial charge in [0.15, 0.2) is 0 Å². The molecule has 0 unspecified atom stereocenters. The minimum Gasteiger partial charge on any atom is -0.411 e. The number of hydrogen-bond acceptors (Lipinski definition) is 7. The van der Waals surface area contributed by atoms with Crippen molar-refractivity contribution >= 4 is 23.4 Å². The molecule has 0 aliphatic heterocycles. The lowest BCUT2D eigenvalue weighted by molar-refractivity contribution is -0.384. The normalized spacial score (nSPS) is 11.9. The number of benzene rings is 1. The zero-order valence-corrected chi connectivity index (χ0v) is 13.5. The van der Waals surface area contributed by atoms with Crippen LogP contribution in [0.4, 0.5) is 5.69 Å². The van der Waals surface area contributed by atoms with Gasteiger partial charge < -0.3 is 9.73 Å². The van der Waals surface area contributed by atoms with Gasteiger partial charge in [-0.1, -0.05) is 24.8 Å². The van der Waals surface area contributed by atoms with E-state index >= 15 is 0 Å². The lowest BCUT2D eigenvalue weighted by atomic mass is 10.2. The van der Waals surface area contributed by atoms with Gasteiger partial charge in [0.25, 0.3) is 10.9 Å². The first kappa shape index (κ1) is 16.9. The van der Waals surface area contributed by atoms with Crippen molar-refractivity contribution in [1.82, 2.24) is 15.5 Å². The van der Waals surface area contributed by atoms with Gasteiger partial charge >= 0.3 is 0 Å². The molecule has 0 saturated heterocycles. The van der Waals surface area contributed by atoms with Gasteiger partial charge in [-0.05, 0) is 19.4 Å². The SMILES string of the molecule is CCCNC(=O)[C@@H](C)Sc1nnc(-c2cccc([N+](=O)[O-])c2)o1. The molecule has 0 saturated carbocycles. The van der Waals surface area contributed by atoms with Crippen LogP contribution in [0.1, 0.15) is 20.3 Å². The van der Waals surface area contributed by atoms with Crippen molar-refractivity contribution in [2.75, 3.05) is 6.54 Å². The zero-order chi connectivity index (χ0) is 16.8. The van der Waals surface area contributed by atoms with Crippen LogP contribution in [0.2, 0.25) is 0 Å². The second-order valence-electron chi connectivity index (χ2n) is 4.73. The van der Waals surface area contributed by atoms with Crippen molar-refractivity contribution in [3.05, 3.63) is 34.4 Å². The fourth-order valence-corrected chi connectivity index (χ4v) is 2.43. The number of nitro benzene ring substituents is 1. The van der Waals surface area contributed by atoms with Crippen LogP contribution in [0.5, 0.6) is 0 Å². The summed E-state index contributed by atoms with van der Waals surface area (Å²) in [6, 6.07) is 5.94. The van der Waals surface area contributed by atoms with E-state index in [9.17, 15) is 14.9 Å². The van der Waals surface area contributed by atoms with Crippen molar-refractivity contribution < 1.29 is 14.1 Å². The smallest absolute Gasteiger partial charge is 0.277 e. The quantitative estimate of drug-likeness (QED) is 0.470. The molecular formula is C14H16N4O4S. The van der Waals surface area contributed by atoms with E-state index in [0.29, 0.717) is 12.1 Å². The Morgan fingerprint density at radius 2 is 2.26 bits per heavy atom. The predicted octanol–water partition coefficient (Wildman–Crippen LogP) is 2.65. The van der Waals surface area contributed by atoms with Gasteiger partial charge in [0.2, 0.25) is 11.8 Å². The summed E-state index contributed by atoms with van der Waals surface area (Å²) in [5.41, 5.74) is 0.406. The molecule has 1 aromatic heterocycles. The first-order valence-corrected chi connectivity index (χ1v) is 7.92. The Labute approximate surface area is 136 Å². The molecule has 122 valence electrons. The molecule has 1 heterocycles. The molecule has 9 heteroatoms. The van der Waals surface area contributed by atoms with Gasteiger partial charge in [0.05, 0.1) is 10.2 Å². The van der Waals surface area contributed by atoms with E-state index < -0.39 is 4.92 Å². The number of thioether (sulfide) groups is 1. The maximum absolute atomic E-state index is 11.8. The summed E-state index contributed by atoms with van der Waals surface area (Å²) in [7, 11) is 0. The molecule has 1 amide bonds. The Morgan fingerprint density at radius 1 is 1.48 bits per heavy atom. The number of nitro groups is 1. The summed E-state index contributed by atoms with van der Waals surface area (Å²) in [4.78, 5) is 22.1. The van der Waals surface area contributed by atoms with Crippen LogP contribution in [0.15, 0.2) is 33.9 Å². The van der Waals surface area contributed by atoms with E-state index in [1.165, 1.54) is 12.1 Å². The number of hydrogen-bond donors (Lipinski definition) is 1. The highest BCUT2D eigenvalue weighted by Crippen LogP contribution is 2.27. The Hall–Kier alpha value is -2.42. The maximum atomic E-state index is 11.8. The average molecular weight is 336 g/mol. The first-order chi connectivity index (χ1) is 11.0. The highest BCUT2D eigenvalue weighted by atomic mass is 32.2. The largest absolute Gasteiger partial charge is 0.411 e. The third-order valence-electron chi connectivity index (χ3n) is 2.91. The van der Waals surface area contributed by atoms with Crippen molar-refractivity contribution in [2.45, 2.75) is 30.7 Å². The van der Waals surface area contributed by atoms with E-state index in [2.05, 4.69) is 15.5 Å². The second kappa shape index (κ2) is 7.73. The third-order valence-corrected chi connectivity index (χ3v) is 3.84. The van der Waals surface area contributed by atoms with E-state index in [0.717, 1.165) is 18.2 Å². The number of rotatable bonds is 7. The molecule has 2 rings (SSSR count). The summed E-state index contributed by atoms with van der Waals surface area (Å²) < 4.78 is 5.47. The topological polar surface area (TPSA) is 111 Å². The Balaban J connectivity index is 2.07. The summed E-state index contributed by atoms with van der Waals surface area (Å²) in [6.07, 6.45) is 0.862. The number of aromatic nitrogens is 2. The van der Waals surface area contributed by atoms with Gasteiger partial charge in [0, 0.05) is 24.2 Å². The number of amides is 1. The molecule has 0 fully saturated rings. The van der Waals surface area contributed by atoms with Crippen LogP contribution in [-0.2, 0) is 4.79 Å². The fourth-order valence-electron chi connectivity index (χ4n) is 1.72. The van der Waals surface area contributed by atoms with Crippen LogP contribution < -0.4 is 5.32 Å². The van der Waals surface area contributed by atoms with Gasteiger partial charge in [-0.25, -0.2) is 0 Å². The number of non-ortho nitro benzene ring substituents is 1. The Morgan fingerprint density at radius 3 is 2.96 bits per heavy atom. The van der Waals surface area contributed by atoms with Crippen LogP contribution in [0, 0.1) is 10.1 Å².